The summed E-state index contributed by atoms with van der Waals surface area (Å²) < 4.78 is 33.6. The standard InChI is InChI=1S/C13H19Br2NO3S/c1-10(2)19-8-4-3-7-16-20(17,18)13-6-5-11(14)9-12(13)15/h5-6,9-10,16H,3-4,7-8H2,1-2H3. The first-order valence-corrected chi connectivity index (χ1v) is 9.46. The van der Waals surface area contributed by atoms with E-state index in [9.17, 15) is 8.42 Å². The van der Waals surface area contributed by atoms with Crippen LogP contribution >= 0.6 is 31.9 Å². The van der Waals surface area contributed by atoms with Gasteiger partial charge in [0.25, 0.3) is 0 Å². The summed E-state index contributed by atoms with van der Waals surface area (Å²) in [6, 6.07) is 4.99. The zero-order chi connectivity index (χ0) is 15.2. The Balaban J connectivity index is 2.46. The van der Waals surface area contributed by atoms with Gasteiger partial charge in [0.15, 0.2) is 0 Å². The van der Waals surface area contributed by atoms with E-state index in [4.69, 9.17) is 4.74 Å². The third kappa shape index (κ3) is 6.22. The van der Waals surface area contributed by atoms with Gasteiger partial charge in [-0.15, -0.1) is 0 Å². The van der Waals surface area contributed by atoms with Crippen molar-refractivity contribution in [2.24, 2.45) is 0 Å². The molecule has 1 rings (SSSR count). The summed E-state index contributed by atoms with van der Waals surface area (Å²) in [6.07, 6.45) is 1.80. The fourth-order valence-electron chi connectivity index (χ4n) is 1.52. The maximum atomic E-state index is 12.1. The maximum Gasteiger partial charge on any atom is 0.241 e. The molecule has 0 saturated heterocycles. The molecule has 114 valence electrons. The van der Waals surface area contributed by atoms with Crippen LogP contribution in [0.4, 0.5) is 0 Å². The molecule has 0 fully saturated rings. The van der Waals surface area contributed by atoms with Crippen LogP contribution in [0.15, 0.2) is 32.0 Å². The molecular formula is C13H19Br2NO3S. The van der Waals surface area contributed by atoms with Crippen LogP contribution in [0.1, 0.15) is 26.7 Å². The highest BCUT2D eigenvalue weighted by Crippen LogP contribution is 2.25. The minimum atomic E-state index is -3.47. The number of hydrogen-bond acceptors (Lipinski definition) is 3. The van der Waals surface area contributed by atoms with Gasteiger partial charge >= 0.3 is 0 Å². The molecule has 1 aromatic rings. The molecule has 0 aromatic heterocycles. The minimum absolute atomic E-state index is 0.213. The number of benzene rings is 1. The van der Waals surface area contributed by atoms with Crippen LogP contribution in [0.25, 0.3) is 0 Å². The second-order valence-electron chi connectivity index (χ2n) is 4.60. The molecule has 0 radical (unpaired) electrons. The van der Waals surface area contributed by atoms with Crippen LogP contribution in [-0.2, 0) is 14.8 Å². The van der Waals surface area contributed by atoms with Gasteiger partial charge in [-0.05, 0) is 60.8 Å². The van der Waals surface area contributed by atoms with Crippen molar-refractivity contribution in [3.63, 3.8) is 0 Å². The SMILES string of the molecule is CC(C)OCCCCNS(=O)(=O)c1ccc(Br)cc1Br. The molecule has 0 heterocycles. The summed E-state index contributed by atoms with van der Waals surface area (Å²) in [5.41, 5.74) is 0. The summed E-state index contributed by atoms with van der Waals surface area (Å²) >= 11 is 6.56. The number of unbranched alkanes of at least 4 members (excludes halogenated alkanes) is 1. The Morgan fingerprint density at radius 1 is 1.25 bits per heavy atom. The first-order valence-electron chi connectivity index (χ1n) is 6.39. The van der Waals surface area contributed by atoms with Crippen LogP contribution in [0.5, 0.6) is 0 Å². The number of sulfonamides is 1. The molecule has 0 aliphatic heterocycles. The fraction of sp³-hybridized carbons (Fsp3) is 0.538. The normalized spacial score (nSPS) is 12.1. The maximum absolute atomic E-state index is 12.1. The van der Waals surface area contributed by atoms with Crippen LogP contribution in [-0.4, -0.2) is 27.7 Å². The molecule has 0 bridgehead atoms. The van der Waals surface area contributed by atoms with Crippen LogP contribution in [0.2, 0.25) is 0 Å². The molecule has 20 heavy (non-hydrogen) atoms. The number of hydrogen-bond donors (Lipinski definition) is 1. The summed E-state index contributed by atoms with van der Waals surface area (Å²) in [7, 11) is -3.47. The van der Waals surface area contributed by atoms with Crippen molar-refractivity contribution in [1.82, 2.24) is 4.72 Å². The van der Waals surface area contributed by atoms with Crippen molar-refractivity contribution in [1.29, 1.82) is 0 Å². The van der Waals surface area contributed by atoms with Gasteiger partial charge in [0.1, 0.15) is 0 Å². The van der Waals surface area contributed by atoms with Crippen molar-refractivity contribution in [3.05, 3.63) is 27.1 Å². The molecule has 0 aliphatic carbocycles. The van der Waals surface area contributed by atoms with Crippen molar-refractivity contribution in [2.75, 3.05) is 13.2 Å². The smallest absolute Gasteiger partial charge is 0.241 e. The molecular weight excluding hydrogens is 410 g/mol. The third-order valence-electron chi connectivity index (χ3n) is 2.50. The van der Waals surface area contributed by atoms with Gasteiger partial charge in [-0.2, -0.15) is 0 Å². The number of nitrogens with one attached hydrogen (secondary N) is 1. The lowest BCUT2D eigenvalue weighted by atomic mass is 10.3. The molecule has 4 nitrogen and oxygen atoms in total. The minimum Gasteiger partial charge on any atom is -0.379 e. The predicted molar refractivity (Wildman–Crippen MR) is 87.4 cm³/mol. The van der Waals surface area contributed by atoms with Crippen LogP contribution in [0.3, 0.4) is 0 Å². The second-order valence-corrected chi connectivity index (χ2v) is 8.10. The zero-order valence-corrected chi connectivity index (χ0v) is 15.5. The van der Waals surface area contributed by atoms with Gasteiger partial charge < -0.3 is 4.74 Å². The Bertz CT molecular complexity index is 532. The van der Waals surface area contributed by atoms with E-state index in [0.29, 0.717) is 17.6 Å². The van der Waals surface area contributed by atoms with Crippen molar-refractivity contribution in [3.8, 4) is 0 Å². The van der Waals surface area contributed by atoms with Gasteiger partial charge in [-0.1, -0.05) is 15.9 Å². The Hall–Kier alpha value is 0.0500. The van der Waals surface area contributed by atoms with E-state index in [1.807, 2.05) is 13.8 Å². The van der Waals surface area contributed by atoms with E-state index >= 15 is 0 Å². The molecule has 0 amide bonds. The van der Waals surface area contributed by atoms with E-state index in [0.717, 1.165) is 17.3 Å². The Morgan fingerprint density at radius 3 is 2.55 bits per heavy atom. The third-order valence-corrected chi connectivity index (χ3v) is 5.43. The molecule has 7 heteroatoms. The second kappa shape index (κ2) is 8.48. The average molecular weight is 429 g/mol. The van der Waals surface area contributed by atoms with E-state index in [1.165, 1.54) is 0 Å². The molecule has 0 spiro atoms. The quantitative estimate of drug-likeness (QED) is 0.642. The summed E-state index contributed by atoms with van der Waals surface area (Å²) in [5.74, 6) is 0. The summed E-state index contributed by atoms with van der Waals surface area (Å²) in [6.45, 7) is 5.02. The Morgan fingerprint density at radius 2 is 1.95 bits per heavy atom. The number of ether oxygens (including phenoxy) is 1. The average Bonchev–Trinajstić information content (AvgIpc) is 2.32. The Kier molecular flexibility index (Phi) is 7.68. The van der Waals surface area contributed by atoms with E-state index < -0.39 is 10.0 Å². The highest BCUT2D eigenvalue weighted by atomic mass is 79.9. The highest BCUT2D eigenvalue weighted by Gasteiger charge is 2.16. The lowest BCUT2D eigenvalue weighted by Gasteiger charge is -2.10. The molecule has 0 atom stereocenters. The number of rotatable bonds is 8. The van der Waals surface area contributed by atoms with Gasteiger partial charge in [0, 0.05) is 22.1 Å². The lowest BCUT2D eigenvalue weighted by molar-refractivity contribution is 0.0762. The number of halogens is 2. The first-order chi connectivity index (χ1) is 9.33. The van der Waals surface area contributed by atoms with Gasteiger partial charge in [-0.3, -0.25) is 0 Å². The zero-order valence-electron chi connectivity index (χ0n) is 11.5. The van der Waals surface area contributed by atoms with Gasteiger partial charge in [-0.25, -0.2) is 13.1 Å². The van der Waals surface area contributed by atoms with Crippen LogP contribution < -0.4 is 4.72 Å². The first kappa shape index (κ1) is 18.1. The lowest BCUT2D eigenvalue weighted by Crippen LogP contribution is -2.25. The van der Waals surface area contributed by atoms with Crippen LogP contribution in [0, 0.1) is 0 Å². The van der Waals surface area contributed by atoms with Crippen molar-refractivity contribution < 1.29 is 13.2 Å². The fourth-order valence-corrected chi connectivity index (χ4v) is 4.34. The molecule has 1 N–H and O–H groups in total. The molecule has 1 aromatic carbocycles. The summed E-state index contributed by atoms with van der Waals surface area (Å²) in [5, 5.41) is 0. The van der Waals surface area contributed by atoms with Gasteiger partial charge in [0.2, 0.25) is 10.0 Å². The summed E-state index contributed by atoms with van der Waals surface area (Å²) in [4.78, 5) is 0.249. The van der Waals surface area contributed by atoms with Crippen molar-refractivity contribution >= 4 is 41.9 Å². The van der Waals surface area contributed by atoms with E-state index in [2.05, 4.69) is 36.6 Å². The largest absolute Gasteiger partial charge is 0.379 e. The van der Waals surface area contributed by atoms with E-state index in [-0.39, 0.29) is 11.0 Å². The molecule has 0 saturated carbocycles. The highest BCUT2D eigenvalue weighted by molar-refractivity contribution is 9.11. The monoisotopic (exact) mass is 427 g/mol. The van der Waals surface area contributed by atoms with Crippen molar-refractivity contribution in [2.45, 2.75) is 37.7 Å². The Labute approximate surface area is 137 Å². The predicted octanol–water partition coefficient (Wildman–Crippen LogP) is 3.70. The van der Waals surface area contributed by atoms with E-state index in [1.54, 1.807) is 18.2 Å². The molecule has 0 aliphatic rings. The van der Waals surface area contributed by atoms with Gasteiger partial charge in [0.05, 0.1) is 11.0 Å². The molecule has 0 unspecified atom stereocenters. The topological polar surface area (TPSA) is 55.4 Å².